The number of carbonyl (C=O) groups is 3. The molecule has 0 radical (unpaired) electrons. The van der Waals surface area contributed by atoms with E-state index in [1.807, 2.05) is 0 Å². The van der Waals surface area contributed by atoms with Gasteiger partial charge in [-0.3, -0.25) is 14.4 Å². The van der Waals surface area contributed by atoms with Crippen molar-refractivity contribution < 1.29 is 28.6 Å². The van der Waals surface area contributed by atoms with Crippen molar-refractivity contribution in [1.29, 1.82) is 0 Å². The van der Waals surface area contributed by atoms with E-state index in [2.05, 4.69) is 57.2 Å². The quantitative estimate of drug-likeness (QED) is 0.0264. The molecule has 1 unspecified atom stereocenters. The number of hydrogen-bond donors (Lipinski definition) is 0. The van der Waals surface area contributed by atoms with E-state index in [1.165, 1.54) is 128 Å². The van der Waals surface area contributed by atoms with Crippen molar-refractivity contribution in [3.05, 3.63) is 36.5 Å². The number of ether oxygens (including phenoxy) is 3. The first-order chi connectivity index (χ1) is 28.0. The Morgan fingerprint density at radius 1 is 0.351 bits per heavy atom. The van der Waals surface area contributed by atoms with Crippen LogP contribution in [-0.2, 0) is 28.6 Å². The molecule has 1 atom stereocenters. The molecule has 0 aliphatic carbocycles. The van der Waals surface area contributed by atoms with E-state index < -0.39 is 6.10 Å². The topological polar surface area (TPSA) is 78.9 Å². The van der Waals surface area contributed by atoms with Crippen LogP contribution in [0.2, 0.25) is 0 Å². The maximum absolute atomic E-state index is 12.7. The Morgan fingerprint density at radius 3 is 1.07 bits per heavy atom. The maximum atomic E-state index is 12.7. The van der Waals surface area contributed by atoms with E-state index in [9.17, 15) is 14.4 Å². The van der Waals surface area contributed by atoms with E-state index in [1.54, 1.807) is 0 Å². The Hall–Kier alpha value is -2.37. The van der Waals surface area contributed by atoms with E-state index >= 15 is 0 Å². The highest BCUT2D eigenvalue weighted by molar-refractivity contribution is 5.71. The van der Waals surface area contributed by atoms with Crippen molar-refractivity contribution in [3.63, 3.8) is 0 Å². The van der Waals surface area contributed by atoms with Gasteiger partial charge in [0.1, 0.15) is 13.2 Å². The van der Waals surface area contributed by atoms with Crippen LogP contribution < -0.4 is 0 Å². The summed E-state index contributed by atoms with van der Waals surface area (Å²) >= 11 is 0. The molecule has 0 aromatic heterocycles. The molecule has 0 saturated heterocycles. The third kappa shape index (κ3) is 44.6. The Kier molecular flexibility index (Phi) is 44.4. The smallest absolute Gasteiger partial charge is 0.306 e. The Labute approximate surface area is 353 Å². The van der Waals surface area contributed by atoms with E-state index in [-0.39, 0.29) is 31.1 Å². The van der Waals surface area contributed by atoms with Crippen molar-refractivity contribution in [2.45, 2.75) is 258 Å². The number of hydrogen-bond acceptors (Lipinski definition) is 6. The van der Waals surface area contributed by atoms with Crippen LogP contribution in [0.15, 0.2) is 36.5 Å². The molecule has 0 saturated carbocycles. The van der Waals surface area contributed by atoms with Gasteiger partial charge in [0.2, 0.25) is 0 Å². The van der Waals surface area contributed by atoms with Gasteiger partial charge in [-0.1, -0.05) is 198 Å². The largest absolute Gasteiger partial charge is 0.462 e. The van der Waals surface area contributed by atoms with Gasteiger partial charge < -0.3 is 14.2 Å². The predicted molar refractivity (Wildman–Crippen MR) is 242 cm³/mol. The van der Waals surface area contributed by atoms with Gasteiger partial charge >= 0.3 is 17.9 Å². The molecule has 0 aliphatic rings. The van der Waals surface area contributed by atoms with E-state index in [4.69, 9.17) is 14.2 Å². The molecule has 57 heavy (non-hydrogen) atoms. The lowest BCUT2D eigenvalue weighted by Crippen LogP contribution is -2.30. The molecular formula is C51H92O6. The van der Waals surface area contributed by atoms with Crippen molar-refractivity contribution in [2.24, 2.45) is 0 Å². The van der Waals surface area contributed by atoms with Crippen LogP contribution in [0.25, 0.3) is 0 Å². The van der Waals surface area contributed by atoms with Crippen LogP contribution in [0.4, 0.5) is 0 Å². The lowest BCUT2D eigenvalue weighted by atomic mass is 10.1. The molecule has 6 nitrogen and oxygen atoms in total. The minimum atomic E-state index is -0.774. The first-order valence-electron chi connectivity index (χ1n) is 24.5. The van der Waals surface area contributed by atoms with Crippen LogP contribution in [0, 0.1) is 0 Å². The highest BCUT2D eigenvalue weighted by Crippen LogP contribution is 2.15. The lowest BCUT2D eigenvalue weighted by molar-refractivity contribution is -0.167. The molecule has 0 amide bonds. The third-order valence-electron chi connectivity index (χ3n) is 10.6. The third-order valence-corrected chi connectivity index (χ3v) is 10.6. The molecule has 0 heterocycles. The molecule has 0 rings (SSSR count). The van der Waals surface area contributed by atoms with E-state index in [0.717, 1.165) is 83.5 Å². The summed E-state index contributed by atoms with van der Waals surface area (Å²) in [5.74, 6) is -0.889. The average Bonchev–Trinajstić information content (AvgIpc) is 3.21. The summed E-state index contributed by atoms with van der Waals surface area (Å²) in [6, 6.07) is 0. The summed E-state index contributed by atoms with van der Waals surface area (Å²) in [4.78, 5) is 37.8. The molecule has 332 valence electrons. The molecular weight excluding hydrogens is 709 g/mol. The molecule has 0 bridgehead atoms. The number of carbonyl (C=O) groups excluding carboxylic acids is 3. The van der Waals surface area contributed by atoms with Crippen LogP contribution >= 0.6 is 0 Å². The van der Waals surface area contributed by atoms with Crippen LogP contribution in [0.5, 0.6) is 0 Å². The zero-order chi connectivity index (χ0) is 41.5. The van der Waals surface area contributed by atoms with Gasteiger partial charge in [-0.2, -0.15) is 0 Å². The Bertz CT molecular complexity index is 969. The predicted octanol–water partition coefficient (Wildman–Crippen LogP) is 15.8. The molecule has 0 fully saturated rings. The average molecular weight is 801 g/mol. The normalized spacial score (nSPS) is 12.3. The molecule has 6 heteroatoms. The number of unbranched alkanes of at least 4 members (excludes halogenated alkanes) is 27. The summed E-state index contributed by atoms with van der Waals surface area (Å²) in [5.41, 5.74) is 0. The van der Waals surface area contributed by atoms with Gasteiger partial charge in [0, 0.05) is 19.3 Å². The molecule has 0 spiro atoms. The maximum Gasteiger partial charge on any atom is 0.306 e. The number of esters is 3. The number of rotatable bonds is 44. The SMILES string of the molecule is CCCC/C=C\CCCCCCCC(=O)OC(COC(=O)CCCCCCCCC/C=C\C/C=C\CCCCC)COC(=O)CCCCCCCCCCCCC. The monoisotopic (exact) mass is 801 g/mol. The minimum Gasteiger partial charge on any atom is -0.462 e. The van der Waals surface area contributed by atoms with Crippen LogP contribution in [0.1, 0.15) is 252 Å². The Morgan fingerprint density at radius 2 is 0.649 bits per heavy atom. The van der Waals surface area contributed by atoms with Gasteiger partial charge in [0.25, 0.3) is 0 Å². The fourth-order valence-corrected chi connectivity index (χ4v) is 6.86. The minimum absolute atomic E-state index is 0.0758. The first-order valence-corrected chi connectivity index (χ1v) is 24.5. The lowest BCUT2D eigenvalue weighted by Gasteiger charge is -2.18. The molecule has 0 aliphatic heterocycles. The second-order valence-corrected chi connectivity index (χ2v) is 16.4. The Balaban J connectivity index is 4.33. The summed E-state index contributed by atoms with van der Waals surface area (Å²) < 4.78 is 16.7. The van der Waals surface area contributed by atoms with Crippen LogP contribution in [0.3, 0.4) is 0 Å². The zero-order valence-corrected chi connectivity index (χ0v) is 37.9. The molecule has 0 aromatic carbocycles. The van der Waals surface area contributed by atoms with Crippen molar-refractivity contribution in [1.82, 2.24) is 0 Å². The van der Waals surface area contributed by atoms with Crippen molar-refractivity contribution in [2.75, 3.05) is 13.2 Å². The summed E-state index contributed by atoms with van der Waals surface area (Å²) in [7, 11) is 0. The fourth-order valence-electron chi connectivity index (χ4n) is 6.86. The van der Waals surface area contributed by atoms with Gasteiger partial charge in [0.15, 0.2) is 6.10 Å². The molecule has 0 N–H and O–H groups in total. The summed E-state index contributed by atoms with van der Waals surface area (Å²) in [6.45, 7) is 6.56. The summed E-state index contributed by atoms with van der Waals surface area (Å²) in [6.07, 6.45) is 52.6. The summed E-state index contributed by atoms with van der Waals surface area (Å²) in [5, 5.41) is 0. The zero-order valence-electron chi connectivity index (χ0n) is 37.9. The number of allylic oxidation sites excluding steroid dienone is 6. The van der Waals surface area contributed by atoms with E-state index in [0.29, 0.717) is 19.3 Å². The highest BCUT2D eigenvalue weighted by Gasteiger charge is 2.19. The highest BCUT2D eigenvalue weighted by atomic mass is 16.6. The van der Waals surface area contributed by atoms with Gasteiger partial charge in [-0.15, -0.1) is 0 Å². The fraction of sp³-hybridized carbons (Fsp3) is 0.824. The van der Waals surface area contributed by atoms with Crippen molar-refractivity contribution >= 4 is 17.9 Å². The standard InChI is InChI=1S/C51H92O6/c1-4-7-10-13-16-19-22-23-24-25-26-27-30-32-35-38-41-44-50(53)56-47-48(57-51(54)45-42-39-36-33-29-21-18-15-12-9-6-3)46-55-49(52)43-40-37-34-31-28-20-17-14-11-8-5-2/h15-16,18-19,23-24,48H,4-14,17,20-22,25-47H2,1-3H3/b18-15-,19-16-,24-23-. The first kappa shape index (κ1) is 54.6. The van der Waals surface area contributed by atoms with Gasteiger partial charge in [-0.05, 0) is 70.6 Å². The van der Waals surface area contributed by atoms with Crippen molar-refractivity contribution in [3.8, 4) is 0 Å². The molecule has 0 aromatic rings. The second-order valence-electron chi connectivity index (χ2n) is 16.4. The second kappa shape index (κ2) is 46.3. The van der Waals surface area contributed by atoms with Gasteiger partial charge in [0.05, 0.1) is 0 Å². The van der Waals surface area contributed by atoms with Gasteiger partial charge in [-0.25, -0.2) is 0 Å². The van der Waals surface area contributed by atoms with Crippen LogP contribution in [-0.4, -0.2) is 37.2 Å².